The van der Waals surface area contributed by atoms with E-state index in [1.807, 2.05) is 25.1 Å². The van der Waals surface area contributed by atoms with Crippen LogP contribution in [0.1, 0.15) is 24.3 Å². The zero-order valence-electron chi connectivity index (χ0n) is 12.9. The molecule has 6 heteroatoms. The summed E-state index contributed by atoms with van der Waals surface area (Å²) in [7, 11) is 0. The molecule has 0 unspecified atom stereocenters. The smallest absolute Gasteiger partial charge is 0.228 e. The van der Waals surface area contributed by atoms with E-state index in [-0.39, 0.29) is 11.8 Å². The Balaban J connectivity index is 1.56. The van der Waals surface area contributed by atoms with E-state index in [1.54, 1.807) is 13.0 Å². The molecule has 1 amide bonds. The molecule has 1 N–H and O–H groups in total. The highest BCUT2D eigenvalue weighted by atomic mass is 16.5. The molecule has 2 aromatic heterocycles. The molecule has 1 aliphatic heterocycles. The number of anilines is 2. The average Bonchev–Trinajstić information content (AvgIpc) is 2.92. The van der Waals surface area contributed by atoms with Gasteiger partial charge >= 0.3 is 0 Å². The van der Waals surface area contributed by atoms with Gasteiger partial charge in [-0.05, 0) is 38.8 Å². The van der Waals surface area contributed by atoms with Crippen LogP contribution in [0.4, 0.5) is 11.6 Å². The van der Waals surface area contributed by atoms with Crippen LogP contribution in [0.2, 0.25) is 0 Å². The molecule has 3 rings (SSSR count). The minimum Gasteiger partial charge on any atom is -0.360 e. The summed E-state index contributed by atoms with van der Waals surface area (Å²) in [6, 6.07) is 7.75. The Hall–Kier alpha value is -2.37. The average molecular weight is 300 g/mol. The van der Waals surface area contributed by atoms with E-state index < -0.39 is 0 Å². The van der Waals surface area contributed by atoms with Gasteiger partial charge in [0.05, 0.1) is 0 Å². The lowest BCUT2D eigenvalue weighted by Gasteiger charge is -2.32. The standard InChI is InChI=1S/C16H20N4O2/c1-11-4-3-5-15(17-11)20-8-6-13(7-9-20)16(21)18-14-10-12(2)22-19-14/h3-5,10,13H,6-9H2,1-2H3,(H,18,19,21). The minimum absolute atomic E-state index is 0.0121. The van der Waals surface area contributed by atoms with Crippen molar-refractivity contribution in [3.63, 3.8) is 0 Å². The molecular formula is C16H20N4O2. The number of piperidine rings is 1. The maximum atomic E-state index is 12.2. The Morgan fingerprint density at radius 1 is 1.32 bits per heavy atom. The summed E-state index contributed by atoms with van der Waals surface area (Å²) < 4.78 is 4.96. The van der Waals surface area contributed by atoms with Gasteiger partial charge in [-0.2, -0.15) is 0 Å². The van der Waals surface area contributed by atoms with Gasteiger partial charge in [-0.15, -0.1) is 0 Å². The molecule has 0 aromatic carbocycles. The number of nitrogens with zero attached hydrogens (tertiary/aromatic N) is 3. The molecule has 0 spiro atoms. The summed E-state index contributed by atoms with van der Waals surface area (Å²) in [5.74, 6) is 2.20. The third kappa shape index (κ3) is 3.27. The van der Waals surface area contributed by atoms with Gasteiger partial charge in [-0.3, -0.25) is 4.79 Å². The van der Waals surface area contributed by atoms with Crippen molar-refractivity contribution >= 4 is 17.5 Å². The van der Waals surface area contributed by atoms with Crippen molar-refractivity contribution in [2.24, 2.45) is 5.92 Å². The van der Waals surface area contributed by atoms with Crippen LogP contribution in [0.3, 0.4) is 0 Å². The molecule has 2 aromatic rings. The van der Waals surface area contributed by atoms with Gasteiger partial charge in [0.2, 0.25) is 5.91 Å². The fourth-order valence-electron chi connectivity index (χ4n) is 2.73. The van der Waals surface area contributed by atoms with Crippen molar-refractivity contribution in [3.05, 3.63) is 35.7 Å². The van der Waals surface area contributed by atoms with Crippen LogP contribution in [0.25, 0.3) is 0 Å². The Labute approximate surface area is 129 Å². The summed E-state index contributed by atoms with van der Waals surface area (Å²) in [6.07, 6.45) is 1.64. The zero-order chi connectivity index (χ0) is 15.5. The highest BCUT2D eigenvalue weighted by molar-refractivity contribution is 5.91. The summed E-state index contributed by atoms with van der Waals surface area (Å²) in [5.41, 5.74) is 1.01. The summed E-state index contributed by atoms with van der Waals surface area (Å²) in [4.78, 5) is 19.0. The number of amides is 1. The largest absolute Gasteiger partial charge is 0.360 e. The molecule has 1 saturated heterocycles. The number of carbonyl (C=O) groups is 1. The van der Waals surface area contributed by atoms with Crippen LogP contribution in [0, 0.1) is 19.8 Å². The molecule has 0 aliphatic carbocycles. The SMILES string of the molecule is Cc1cccc(N2CCC(C(=O)Nc3cc(C)on3)CC2)n1. The van der Waals surface area contributed by atoms with Gasteiger partial charge < -0.3 is 14.7 Å². The van der Waals surface area contributed by atoms with Crippen molar-refractivity contribution in [2.75, 3.05) is 23.3 Å². The van der Waals surface area contributed by atoms with Gasteiger partial charge in [0.1, 0.15) is 11.6 Å². The second-order valence-electron chi connectivity index (χ2n) is 5.71. The van der Waals surface area contributed by atoms with Crippen LogP contribution in [0.15, 0.2) is 28.8 Å². The molecule has 22 heavy (non-hydrogen) atoms. The molecule has 116 valence electrons. The molecule has 0 bridgehead atoms. The topological polar surface area (TPSA) is 71.3 Å². The number of aryl methyl sites for hydroxylation is 2. The number of nitrogens with one attached hydrogen (secondary N) is 1. The monoisotopic (exact) mass is 300 g/mol. The van der Waals surface area contributed by atoms with Crippen LogP contribution < -0.4 is 10.2 Å². The van der Waals surface area contributed by atoms with E-state index in [0.29, 0.717) is 11.6 Å². The van der Waals surface area contributed by atoms with Crippen LogP contribution in [-0.4, -0.2) is 29.1 Å². The van der Waals surface area contributed by atoms with Gasteiger partial charge in [-0.25, -0.2) is 4.98 Å². The van der Waals surface area contributed by atoms with Crippen molar-refractivity contribution in [1.29, 1.82) is 0 Å². The lowest BCUT2D eigenvalue weighted by Crippen LogP contribution is -2.38. The van der Waals surface area contributed by atoms with E-state index in [0.717, 1.165) is 37.4 Å². The first kappa shape index (κ1) is 14.6. The normalized spacial score (nSPS) is 15.8. The summed E-state index contributed by atoms with van der Waals surface area (Å²) >= 11 is 0. The van der Waals surface area contributed by atoms with E-state index >= 15 is 0 Å². The fraction of sp³-hybridized carbons (Fsp3) is 0.438. The number of pyridine rings is 1. The molecule has 0 radical (unpaired) electrons. The van der Waals surface area contributed by atoms with Crippen LogP contribution in [0.5, 0.6) is 0 Å². The highest BCUT2D eigenvalue weighted by Crippen LogP contribution is 2.23. The summed E-state index contributed by atoms with van der Waals surface area (Å²) in [5, 5.41) is 6.61. The second kappa shape index (κ2) is 6.17. The number of aromatic nitrogens is 2. The maximum Gasteiger partial charge on any atom is 0.228 e. The molecule has 0 saturated carbocycles. The maximum absolute atomic E-state index is 12.2. The van der Waals surface area contributed by atoms with Crippen molar-refractivity contribution in [1.82, 2.24) is 10.1 Å². The van der Waals surface area contributed by atoms with Crippen molar-refractivity contribution in [3.8, 4) is 0 Å². The third-order valence-electron chi connectivity index (χ3n) is 3.94. The Morgan fingerprint density at radius 3 is 2.73 bits per heavy atom. The predicted octanol–water partition coefficient (Wildman–Crippen LogP) is 2.54. The highest BCUT2D eigenvalue weighted by Gasteiger charge is 2.26. The number of rotatable bonds is 3. The van der Waals surface area contributed by atoms with Gasteiger partial charge in [0.15, 0.2) is 5.82 Å². The molecule has 1 aliphatic rings. The second-order valence-corrected chi connectivity index (χ2v) is 5.71. The lowest BCUT2D eigenvalue weighted by atomic mass is 9.96. The zero-order valence-corrected chi connectivity index (χ0v) is 12.9. The van der Waals surface area contributed by atoms with Gasteiger partial charge in [0.25, 0.3) is 0 Å². The molecule has 6 nitrogen and oxygen atoms in total. The third-order valence-corrected chi connectivity index (χ3v) is 3.94. The number of carbonyl (C=O) groups excluding carboxylic acids is 1. The van der Waals surface area contributed by atoms with Crippen LogP contribution in [-0.2, 0) is 4.79 Å². The molecular weight excluding hydrogens is 280 g/mol. The van der Waals surface area contributed by atoms with Gasteiger partial charge in [0, 0.05) is 30.8 Å². The molecule has 3 heterocycles. The fourth-order valence-corrected chi connectivity index (χ4v) is 2.73. The quantitative estimate of drug-likeness (QED) is 0.943. The first-order chi connectivity index (χ1) is 10.6. The summed E-state index contributed by atoms with van der Waals surface area (Å²) in [6.45, 7) is 5.47. The first-order valence-corrected chi connectivity index (χ1v) is 7.54. The number of hydrogen-bond donors (Lipinski definition) is 1. The van der Waals surface area contributed by atoms with Crippen molar-refractivity contribution in [2.45, 2.75) is 26.7 Å². The van der Waals surface area contributed by atoms with Crippen LogP contribution >= 0.6 is 0 Å². The van der Waals surface area contributed by atoms with E-state index in [9.17, 15) is 4.79 Å². The van der Waals surface area contributed by atoms with E-state index in [2.05, 4.69) is 20.4 Å². The van der Waals surface area contributed by atoms with Crippen molar-refractivity contribution < 1.29 is 9.32 Å². The molecule has 0 atom stereocenters. The Kier molecular flexibility index (Phi) is 4.09. The lowest BCUT2D eigenvalue weighted by molar-refractivity contribution is -0.120. The number of hydrogen-bond acceptors (Lipinski definition) is 5. The van der Waals surface area contributed by atoms with Gasteiger partial charge in [-0.1, -0.05) is 11.2 Å². The first-order valence-electron chi connectivity index (χ1n) is 7.54. The Morgan fingerprint density at radius 2 is 2.09 bits per heavy atom. The van der Waals surface area contributed by atoms with E-state index in [4.69, 9.17) is 4.52 Å². The molecule has 1 fully saturated rings. The predicted molar refractivity (Wildman–Crippen MR) is 83.8 cm³/mol. The Bertz CT molecular complexity index is 660. The van der Waals surface area contributed by atoms with E-state index in [1.165, 1.54) is 0 Å². The minimum atomic E-state index is 0.0121.